The number of hydrazine groups is 1. The van der Waals surface area contributed by atoms with Crippen molar-refractivity contribution < 1.29 is 14.6 Å². The first kappa shape index (κ1) is 23.4. The van der Waals surface area contributed by atoms with Crippen LogP contribution in [0.5, 0.6) is 0 Å². The van der Waals surface area contributed by atoms with Gasteiger partial charge in [-0.25, -0.2) is 9.97 Å². The van der Waals surface area contributed by atoms with Crippen LogP contribution in [-0.2, 0) is 0 Å². The molecule has 0 fully saturated rings. The monoisotopic (exact) mass is 431 g/mol. The van der Waals surface area contributed by atoms with E-state index < -0.39 is 15.8 Å². The van der Waals surface area contributed by atoms with E-state index in [2.05, 4.69) is 20.8 Å². The van der Waals surface area contributed by atoms with Gasteiger partial charge in [0.2, 0.25) is 11.6 Å². The number of amides is 1. The molecule has 1 amide bonds. The second kappa shape index (κ2) is 10.3. The summed E-state index contributed by atoms with van der Waals surface area (Å²) in [7, 11) is 0. The number of hydrogen-bond acceptors (Lipinski definition) is 9. The number of anilines is 2. The molecule has 166 valence electrons. The average Bonchev–Trinajstić information content (AvgIpc) is 2.70. The van der Waals surface area contributed by atoms with Crippen molar-refractivity contribution in [1.29, 1.82) is 0 Å². The van der Waals surface area contributed by atoms with Gasteiger partial charge in [0.25, 0.3) is 11.6 Å². The fraction of sp³-hybridized carbons (Fsp3) is 0.421. The summed E-state index contributed by atoms with van der Waals surface area (Å²) in [5.41, 5.74) is 4.44. The third-order valence-electron chi connectivity index (χ3n) is 4.09. The van der Waals surface area contributed by atoms with Gasteiger partial charge >= 0.3 is 5.69 Å². The van der Waals surface area contributed by atoms with Gasteiger partial charge in [0, 0.05) is 30.8 Å². The lowest BCUT2D eigenvalue weighted by Gasteiger charge is -2.27. The van der Waals surface area contributed by atoms with Crippen LogP contribution in [0.4, 0.5) is 23.0 Å². The van der Waals surface area contributed by atoms with Crippen LogP contribution >= 0.6 is 0 Å². The summed E-state index contributed by atoms with van der Waals surface area (Å²) in [5, 5.41) is 22.5. The second-order valence-corrected chi connectivity index (χ2v) is 7.73. The lowest BCUT2D eigenvalue weighted by Crippen LogP contribution is -2.34. The molecule has 1 heterocycles. The number of nitrogens with one attached hydrogen (secondary N) is 2. The molecule has 31 heavy (non-hydrogen) atoms. The van der Waals surface area contributed by atoms with Gasteiger partial charge < -0.3 is 4.90 Å². The van der Waals surface area contributed by atoms with Crippen molar-refractivity contribution in [3.8, 4) is 0 Å². The van der Waals surface area contributed by atoms with Gasteiger partial charge in [-0.2, -0.15) is 0 Å². The quantitative estimate of drug-likeness (QED) is 0.426. The van der Waals surface area contributed by atoms with E-state index in [0.717, 1.165) is 0 Å². The van der Waals surface area contributed by atoms with Crippen LogP contribution in [0.3, 0.4) is 0 Å². The number of nitro benzene ring substituents is 1. The Balaban J connectivity index is 2.28. The molecule has 12 heteroatoms. The van der Waals surface area contributed by atoms with Gasteiger partial charge in [0.15, 0.2) is 0 Å². The lowest BCUT2D eigenvalue weighted by atomic mass is 10.1. The number of carbonyl (C=O) groups is 1. The summed E-state index contributed by atoms with van der Waals surface area (Å²) < 4.78 is 0. The fourth-order valence-corrected chi connectivity index (χ4v) is 2.91. The summed E-state index contributed by atoms with van der Waals surface area (Å²) in [4.78, 5) is 43.6. The van der Waals surface area contributed by atoms with E-state index in [1.165, 1.54) is 30.6 Å². The van der Waals surface area contributed by atoms with E-state index >= 15 is 0 Å². The number of nitrogens with zero attached hydrogens (tertiary/aromatic N) is 5. The first-order valence-electron chi connectivity index (χ1n) is 9.65. The Morgan fingerprint density at radius 1 is 1.00 bits per heavy atom. The maximum Gasteiger partial charge on any atom is 0.355 e. The van der Waals surface area contributed by atoms with E-state index in [-0.39, 0.29) is 40.4 Å². The van der Waals surface area contributed by atoms with Crippen molar-refractivity contribution in [2.24, 2.45) is 11.8 Å². The van der Waals surface area contributed by atoms with Crippen LogP contribution in [0.2, 0.25) is 0 Å². The summed E-state index contributed by atoms with van der Waals surface area (Å²) in [6.07, 6.45) is 1.19. The molecule has 1 aromatic carbocycles. The van der Waals surface area contributed by atoms with Crippen molar-refractivity contribution in [3.05, 3.63) is 56.4 Å². The van der Waals surface area contributed by atoms with E-state index in [9.17, 15) is 25.0 Å². The molecule has 0 aliphatic rings. The molecule has 0 bridgehead atoms. The Labute approximate surface area is 179 Å². The maximum absolute atomic E-state index is 12.3. The Morgan fingerprint density at radius 2 is 1.58 bits per heavy atom. The third-order valence-corrected chi connectivity index (χ3v) is 4.09. The molecule has 0 spiro atoms. The molecule has 2 rings (SSSR count). The Bertz CT molecular complexity index is 937. The molecule has 0 saturated heterocycles. The summed E-state index contributed by atoms with van der Waals surface area (Å²) in [5.74, 6) is -0.152. The van der Waals surface area contributed by atoms with Gasteiger partial charge in [0.05, 0.1) is 9.85 Å². The molecule has 1 aromatic heterocycles. The van der Waals surface area contributed by atoms with Crippen LogP contribution in [0, 0.1) is 32.1 Å². The SMILES string of the molecule is CC(C)CN(CC(C)C)c1ncnc(NNC(=O)c2ccc([N+](=O)[O-])cc2)c1[N+](=O)[O-]. The second-order valence-electron chi connectivity index (χ2n) is 7.73. The van der Waals surface area contributed by atoms with E-state index in [4.69, 9.17) is 0 Å². The van der Waals surface area contributed by atoms with Crippen molar-refractivity contribution in [1.82, 2.24) is 15.4 Å². The zero-order chi connectivity index (χ0) is 23.1. The Kier molecular flexibility index (Phi) is 7.77. The summed E-state index contributed by atoms with van der Waals surface area (Å²) >= 11 is 0. The number of carbonyl (C=O) groups excluding carboxylic acids is 1. The lowest BCUT2D eigenvalue weighted by molar-refractivity contribution is -0.384. The van der Waals surface area contributed by atoms with Crippen LogP contribution in [0.25, 0.3) is 0 Å². The van der Waals surface area contributed by atoms with Gasteiger partial charge in [0.1, 0.15) is 6.33 Å². The molecular formula is C19H25N7O5. The number of nitro groups is 2. The summed E-state index contributed by atoms with van der Waals surface area (Å²) in [6, 6.07) is 4.94. The van der Waals surface area contributed by atoms with Gasteiger partial charge in [-0.15, -0.1) is 0 Å². The highest BCUT2D eigenvalue weighted by molar-refractivity contribution is 5.95. The van der Waals surface area contributed by atoms with Gasteiger partial charge in [-0.1, -0.05) is 27.7 Å². The smallest absolute Gasteiger partial charge is 0.350 e. The zero-order valence-electron chi connectivity index (χ0n) is 17.7. The normalized spacial score (nSPS) is 10.8. The highest BCUT2D eigenvalue weighted by Crippen LogP contribution is 2.32. The number of benzene rings is 1. The maximum atomic E-state index is 12.3. The third kappa shape index (κ3) is 6.32. The van der Waals surface area contributed by atoms with Crippen LogP contribution in [0.15, 0.2) is 30.6 Å². The number of aromatic nitrogens is 2. The highest BCUT2D eigenvalue weighted by atomic mass is 16.6. The highest BCUT2D eigenvalue weighted by Gasteiger charge is 2.28. The molecule has 0 saturated carbocycles. The molecule has 2 N–H and O–H groups in total. The predicted octanol–water partition coefficient (Wildman–Crippen LogP) is 3.17. The van der Waals surface area contributed by atoms with E-state index in [1.54, 1.807) is 0 Å². The average molecular weight is 431 g/mol. The molecule has 0 radical (unpaired) electrons. The van der Waals surface area contributed by atoms with Gasteiger partial charge in [-0.3, -0.25) is 35.9 Å². The van der Waals surface area contributed by atoms with E-state index in [1.807, 2.05) is 32.6 Å². The first-order valence-corrected chi connectivity index (χ1v) is 9.65. The Hall–Kier alpha value is -3.83. The molecule has 0 aliphatic heterocycles. The van der Waals surface area contributed by atoms with Crippen LogP contribution in [-0.4, -0.2) is 38.8 Å². The van der Waals surface area contributed by atoms with Crippen LogP contribution in [0.1, 0.15) is 38.1 Å². The molecular weight excluding hydrogens is 406 g/mol. The largest absolute Gasteiger partial charge is 0.355 e. The topological polar surface area (TPSA) is 156 Å². The van der Waals surface area contributed by atoms with Crippen molar-refractivity contribution in [3.63, 3.8) is 0 Å². The van der Waals surface area contributed by atoms with Crippen molar-refractivity contribution in [2.45, 2.75) is 27.7 Å². The molecule has 12 nitrogen and oxygen atoms in total. The van der Waals surface area contributed by atoms with E-state index in [0.29, 0.717) is 13.1 Å². The predicted molar refractivity (Wildman–Crippen MR) is 115 cm³/mol. The summed E-state index contributed by atoms with van der Waals surface area (Å²) in [6.45, 7) is 9.14. The fourth-order valence-electron chi connectivity index (χ4n) is 2.91. The zero-order valence-corrected chi connectivity index (χ0v) is 17.7. The number of non-ortho nitro benzene ring substituents is 1. The number of rotatable bonds is 10. The Morgan fingerprint density at radius 3 is 2.06 bits per heavy atom. The van der Waals surface area contributed by atoms with Crippen LogP contribution < -0.4 is 15.8 Å². The van der Waals surface area contributed by atoms with Crippen molar-refractivity contribution >= 4 is 28.9 Å². The molecule has 0 aliphatic carbocycles. The molecule has 0 atom stereocenters. The molecule has 2 aromatic rings. The molecule has 0 unspecified atom stereocenters. The standard InChI is InChI=1S/C19H25N7O5/c1-12(2)9-24(10-13(3)4)18-16(26(30)31)17(20-11-21-18)22-23-19(27)14-5-7-15(8-6-14)25(28)29/h5-8,11-13H,9-10H2,1-4H3,(H,23,27)(H,20,21,22). The first-order chi connectivity index (χ1) is 14.6. The number of hydrogen-bond donors (Lipinski definition) is 2. The minimum absolute atomic E-state index is 0.135. The minimum atomic E-state index is -0.634. The van der Waals surface area contributed by atoms with Gasteiger partial charge in [-0.05, 0) is 24.0 Å². The minimum Gasteiger partial charge on any atom is -0.350 e. The van der Waals surface area contributed by atoms with Crippen molar-refractivity contribution in [2.75, 3.05) is 23.4 Å².